The van der Waals surface area contributed by atoms with Gasteiger partial charge in [-0.15, -0.1) is 0 Å². The van der Waals surface area contributed by atoms with E-state index < -0.39 is 36.2 Å². The molecule has 0 saturated carbocycles. The number of H-pyrrole nitrogens is 1. The summed E-state index contributed by atoms with van der Waals surface area (Å²) in [7, 11) is 0. The first-order chi connectivity index (χ1) is 16.8. The molecular formula is C25H26N4O6. The molecule has 3 aromatic rings. The van der Waals surface area contributed by atoms with Crippen LogP contribution in [0.25, 0.3) is 11.1 Å². The summed E-state index contributed by atoms with van der Waals surface area (Å²) in [4.78, 5) is 43.7. The molecule has 10 nitrogen and oxygen atoms in total. The first kappa shape index (κ1) is 24.0. The summed E-state index contributed by atoms with van der Waals surface area (Å²) in [6, 6.07) is 13.1. The molecule has 0 radical (unpaired) electrons. The number of nitrogens with zero attached hydrogens (tertiary/aromatic N) is 1. The number of aliphatic hydroxyl groups is 1. The Morgan fingerprint density at radius 3 is 2.23 bits per heavy atom. The zero-order valence-electron chi connectivity index (χ0n) is 19.0. The number of benzene rings is 2. The Morgan fingerprint density at radius 1 is 1.06 bits per heavy atom. The maximum atomic E-state index is 12.8. The number of carboxylic acids is 1. The van der Waals surface area contributed by atoms with E-state index in [1.807, 2.05) is 48.5 Å². The Labute approximate surface area is 201 Å². The van der Waals surface area contributed by atoms with Crippen molar-refractivity contribution >= 4 is 18.0 Å². The SMILES string of the molecule is C[C@@H](O)[C@H](NC(=O)[C@H](Cc1cnc[nH]1)NC(=O)OCC1c2ccccc2-c2ccccc21)C(=O)O. The van der Waals surface area contributed by atoms with Crippen LogP contribution < -0.4 is 10.6 Å². The number of aliphatic hydroxyl groups excluding tert-OH is 1. The number of aromatic nitrogens is 2. The Kier molecular flexibility index (Phi) is 7.11. The van der Waals surface area contributed by atoms with Crippen molar-refractivity contribution in [3.8, 4) is 11.1 Å². The fourth-order valence-electron chi connectivity index (χ4n) is 4.25. The van der Waals surface area contributed by atoms with Crippen molar-refractivity contribution in [2.45, 2.75) is 37.5 Å². The van der Waals surface area contributed by atoms with Gasteiger partial charge in [-0.05, 0) is 29.2 Å². The van der Waals surface area contributed by atoms with Crippen LogP contribution in [0.4, 0.5) is 4.79 Å². The molecule has 0 spiro atoms. The van der Waals surface area contributed by atoms with Gasteiger partial charge in [0.05, 0.1) is 12.4 Å². The third kappa shape index (κ3) is 5.33. The number of imidazole rings is 1. The van der Waals surface area contributed by atoms with Crippen LogP contribution in [0.2, 0.25) is 0 Å². The monoisotopic (exact) mass is 478 g/mol. The predicted molar refractivity (Wildman–Crippen MR) is 126 cm³/mol. The molecule has 182 valence electrons. The lowest BCUT2D eigenvalue weighted by Gasteiger charge is -2.22. The van der Waals surface area contributed by atoms with Gasteiger partial charge >= 0.3 is 12.1 Å². The van der Waals surface area contributed by atoms with Gasteiger partial charge in [-0.2, -0.15) is 0 Å². The smallest absolute Gasteiger partial charge is 0.407 e. The van der Waals surface area contributed by atoms with Crippen LogP contribution in [0.1, 0.15) is 29.7 Å². The van der Waals surface area contributed by atoms with Gasteiger partial charge in [0.2, 0.25) is 5.91 Å². The molecule has 0 saturated heterocycles. The molecule has 35 heavy (non-hydrogen) atoms. The van der Waals surface area contributed by atoms with Gasteiger partial charge in [0.1, 0.15) is 12.6 Å². The van der Waals surface area contributed by atoms with Gasteiger partial charge < -0.3 is 30.6 Å². The number of aliphatic carboxylic acids is 1. The van der Waals surface area contributed by atoms with Crippen molar-refractivity contribution in [1.29, 1.82) is 0 Å². The molecule has 0 unspecified atom stereocenters. The maximum Gasteiger partial charge on any atom is 0.407 e. The zero-order chi connectivity index (χ0) is 24.9. The van der Waals surface area contributed by atoms with Crippen LogP contribution in [0.15, 0.2) is 61.1 Å². The van der Waals surface area contributed by atoms with Crippen LogP contribution in [-0.2, 0) is 20.7 Å². The largest absolute Gasteiger partial charge is 0.480 e. The fraction of sp³-hybridized carbons (Fsp3) is 0.280. The Morgan fingerprint density at radius 2 is 1.69 bits per heavy atom. The first-order valence-corrected chi connectivity index (χ1v) is 11.1. The van der Waals surface area contributed by atoms with E-state index in [0.717, 1.165) is 22.3 Å². The van der Waals surface area contributed by atoms with Crippen molar-refractivity contribution in [3.63, 3.8) is 0 Å². The van der Waals surface area contributed by atoms with Crippen molar-refractivity contribution in [2.75, 3.05) is 6.61 Å². The van der Waals surface area contributed by atoms with Crippen LogP contribution in [0.5, 0.6) is 0 Å². The normalized spacial score (nSPS) is 14.8. The number of nitrogens with one attached hydrogen (secondary N) is 3. The highest BCUT2D eigenvalue weighted by Crippen LogP contribution is 2.44. The van der Waals surface area contributed by atoms with E-state index in [2.05, 4.69) is 20.6 Å². The highest BCUT2D eigenvalue weighted by atomic mass is 16.5. The van der Waals surface area contributed by atoms with E-state index in [4.69, 9.17) is 4.74 Å². The molecule has 0 aliphatic heterocycles. The van der Waals surface area contributed by atoms with E-state index in [0.29, 0.717) is 5.69 Å². The van der Waals surface area contributed by atoms with Crippen molar-refractivity contribution in [3.05, 3.63) is 77.9 Å². The quantitative estimate of drug-likeness (QED) is 0.314. The molecule has 0 bridgehead atoms. The average Bonchev–Trinajstić information content (AvgIpc) is 3.46. The number of fused-ring (bicyclic) bond motifs is 3. The summed E-state index contributed by atoms with van der Waals surface area (Å²) in [5.74, 6) is -2.32. The molecule has 1 aliphatic rings. The molecule has 1 heterocycles. The third-order valence-electron chi connectivity index (χ3n) is 5.98. The van der Waals surface area contributed by atoms with Crippen molar-refractivity contribution < 1.29 is 29.3 Å². The summed E-state index contributed by atoms with van der Waals surface area (Å²) in [5.41, 5.74) is 4.83. The summed E-state index contributed by atoms with van der Waals surface area (Å²) >= 11 is 0. The number of carbonyl (C=O) groups is 3. The van der Waals surface area contributed by atoms with Gasteiger partial charge in [-0.1, -0.05) is 48.5 Å². The highest BCUT2D eigenvalue weighted by molar-refractivity contribution is 5.89. The number of alkyl carbamates (subject to hydrolysis) is 1. The van der Waals surface area contributed by atoms with Crippen LogP contribution in [0, 0.1) is 0 Å². The van der Waals surface area contributed by atoms with Gasteiger partial charge in [0.15, 0.2) is 6.04 Å². The van der Waals surface area contributed by atoms with E-state index in [9.17, 15) is 24.6 Å². The molecule has 5 N–H and O–H groups in total. The summed E-state index contributed by atoms with van der Waals surface area (Å²) < 4.78 is 5.52. The zero-order valence-corrected chi connectivity index (χ0v) is 19.0. The molecule has 1 aliphatic carbocycles. The fourth-order valence-corrected chi connectivity index (χ4v) is 4.25. The molecule has 2 amide bonds. The lowest BCUT2D eigenvalue weighted by molar-refractivity contribution is -0.145. The minimum Gasteiger partial charge on any atom is -0.480 e. The summed E-state index contributed by atoms with van der Waals surface area (Å²) in [5, 5.41) is 23.7. The molecule has 4 rings (SSSR count). The molecular weight excluding hydrogens is 452 g/mol. The first-order valence-electron chi connectivity index (χ1n) is 11.1. The number of amides is 2. The maximum absolute atomic E-state index is 12.8. The number of carbonyl (C=O) groups excluding carboxylic acids is 2. The number of hydrogen-bond donors (Lipinski definition) is 5. The van der Waals surface area contributed by atoms with E-state index in [1.54, 1.807) is 0 Å². The standard InChI is InChI=1S/C25H26N4O6/c1-14(30)22(24(32)33)29-23(31)21(10-15-11-26-13-27-15)28-25(34)35-12-20-18-8-4-2-6-16(18)17-7-3-5-9-19(17)20/h2-9,11,13-14,20-22,30H,10,12H2,1H3,(H,26,27)(H,28,34)(H,29,31)(H,32,33)/t14-,21+,22+/m1/s1. The number of carboxylic acid groups (broad SMARTS) is 1. The minimum atomic E-state index is -1.53. The van der Waals surface area contributed by atoms with Crippen molar-refractivity contribution in [1.82, 2.24) is 20.6 Å². The highest BCUT2D eigenvalue weighted by Gasteiger charge is 2.32. The van der Waals surface area contributed by atoms with Crippen LogP contribution >= 0.6 is 0 Å². The Balaban J connectivity index is 1.45. The third-order valence-corrected chi connectivity index (χ3v) is 5.98. The summed E-state index contributed by atoms with van der Waals surface area (Å²) in [6.45, 7) is 1.31. The predicted octanol–water partition coefficient (Wildman–Crippen LogP) is 1.81. The van der Waals surface area contributed by atoms with E-state index in [1.165, 1.54) is 19.4 Å². The number of rotatable bonds is 9. The van der Waals surface area contributed by atoms with Gasteiger partial charge in [-0.25, -0.2) is 14.6 Å². The van der Waals surface area contributed by atoms with Gasteiger partial charge in [0.25, 0.3) is 0 Å². The minimum absolute atomic E-state index is 0.0160. The second-order valence-corrected chi connectivity index (χ2v) is 8.37. The van der Waals surface area contributed by atoms with E-state index >= 15 is 0 Å². The van der Waals surface area contributed by atoms with Gasteiger partial charge in [0, 0.05) is 24.2 Å². The van der Waals surface area contributed by atoms with Gasteiger partial charge in [-0.3, -0.25) is 4.79 Å². The lowest BCUT2D eigenvalue weighted by atomic mass is 9.98. The van der Waals surface area contributed by atoms with Crippen LogP contribution in [0.3, 0.4) is 0 Å². The molecule has 0 fully saturated rings. The lowest BCUT2D eigenvalue weighted by Crippen LogP contribution is -2.55. The molecule has 2 aromatic carbocycles. The van der Waals surface area contributed by atoms with Crippen LogP contribution in [-0.4, -0.2) is 62.9 Å². The Hall–Kier alpha value is -4.18. The number of ether oxygens (including phenoxy) is 1. The molecule has 3 atom stereocenters. The number of hydrogen-bond acceptors (Lipinski definition) is 6. The Bertz CT molecular complexity index is 1160. The molecule has 10 heteroatoms. The van der Waals surface area contributed by atoms with Crippen molar-refractivity contribution in [2.24, 2.45) is 0 Å². The topological polar surface area (TPSA) is 154 Å². The number of aromatic amines is 1. The van der Waals surface area contributed by atoms with E-state index in [-0.39, 0.29) is 18.9 Å². The summed E-state index contributed by atoms with van der Waals surface area (Å²) in [6.07, 6.45) is 0.771. The second kappa shape index (κ2) is 10.4. The average molecular weight is 479 g/mol. The molecule has 1 aromatic heterocycles. The second-order valence-electron chi connectivity index (χ2n) is 8.37.